The number of aromatic nitrogens is 1. The molecule has 0 saturated carbocycles. The molecule has 0 radical (unpaired) electrons. The van der Waals surface area contributed by atoms with Gasteiger partial charge >= 0.3 is 0 Å². The largest absolute Gasteiger partial charge is 0.379 e. The predicted molar refractivity (Wildman–Crippen MR) is 79.1 cm³/mol. The van der Waals surface area contributed by atoms with Crippen molar-refractivity contribution in [3.8, 4) is 0 Å². The number of nitrogens with zero attached hydrogens (tertiary/aromatic N) is 1. The van der Waals surface area contributed by atoms with Gasteiger partial charge in [-0.25, -0.2) is 8.42 Å². The number of halogens is 1. The molecular formula is C13H19ClN2O4S. The second-order valence-electron chi connectivity index (χ2n) is 5.46. The van der Waals surface area contributed by atoms with Crippen LogP contribution in [0.5, 0.6) is 0 Å². The van der Waals surface area contributed by atoms with E-state index in [1.165, 1.54) is 12.3 Å². The SMILES string of the molecule is CCn1cc(S(=O)(=O)Cl)cc1C(=O)NC1(C)CCCOC1. The average molecular weight is 335 g/mol. The van der Waals surface area contributed by atoms with Crippen LogP contribution >= 0.6 is 10.7 Å². The van der Waals surface area contributed by atoms with Crippen LogP contribution < -0.4 is 5.32 Å². The summed E-state index contributed by atoms with van der Waals surface area (Å²) in [4.78, 5) is 12.3. The molecule has 1 aromatic heterocycles. The van der Waals surface area contributed by atoms with Gasteiger partial charge in [-0.1, -0.05) is 0 Å². The number of nitrogens with one attached hydrogen (secondary N) is 1. The van der Waals surface area contributed by atoms with Crippen molar-refractivity contribution in [2.45, 2.75) is 43.7 Å². The van der Waals surface area contributed by atoms with Crippen LogP contribution in [0.2, 0.25) is 0 Å². The van der Waals surface area contributed by atoms with E-state index in [-0.39, 0.29) is 16.5 Å². The quantitative estimate of drug-likeness (QED) is 0.851. The third kappa shape index (κ3) is 3.78. The highest BCUT2D eigenvalue weighted by molar-refractivity contribution is 8.13. The highest BCUT2D eigenvalue weighted by Crippen LogP contribution is 2.22. The Labute approximate surface area is 128 Å². The van der Waals surface area contributed by atoms with E-state index in [4.69, 9.17) is 15.4 Å². The first kappa shape index (κ1) is 16.3. The first-order valence-electron chi connectivity index (χ1n) is 6.80. The van der Waals surface area contributed by atoms with Gasteiger partial charge in [-0.2, -0.15) is 0 Å². The molecule has 0 aliphatic carbocycles. The molecule has 118 valence electrons. The lowest BCUT2D eigenvalue weighted by atomic mass is 9.95. The Balaban J connectivity index is 2.24. The summed E-state index contributed by atoms with van der Waals surface area (Å²) in [6.07, 6.45) is 3.08. The predicted octanol–water partition coefficient (Wildman–Crippen LogP) is 1.73. The molecule has 1 aliphatic heterocycles. The fourth-order valence-electron chi connectivity index (χ4n) is 2.44. The summed E-state index contributed by atoms with van der Waals surface area (Å²) in [7, 11) is 1.48. The summed E-state index contributed by atoms with van der Waals surface area (Å²) >= 11 is 0. The van der Waals surface area contributed by atoms with Gasteiger partial charge in [0.15, 0.2) is 0 Å². The monoisotopic (exact) mass is 334 g/mol. The zero-order valence-electron chi connectivity index (χ0n) is 12.1. The van der Waals surface area contributed by atoms with Crippen LogP contribution in [-0.4, -0.2) is 37.6 Å². The van der Waals surface area contributed by atoms with Crippen molar-refractivity contribution in [2.24, 2.45) is 0 Å². The van der Waals surface area contributed by atoms with Crippen molar-refractivity contribution in [1.82, 2.24) is 9.88 Å². The van der Waals surface area contributed by atoms with Gasteiger partial charge in [0.1, 0.15) is 10.6 Å². The van der Waals surface area contributed by atoms with Gasteiger partial charge in [0, 0.05) is 30.0 Å². The molecule has 1 N–H and O–H groups in total. The Morgan fingerprint density at radius 1 is 1.57 bits per heavy atom. The molecule has 0 bridgehead atoms. The molecule has 1 unspecified atom stereocenters. The number of ether oxygens (including phenoxy) is 1. The molecule has 1 saturated heterocycles. The van der Waals surface area contributed by atoms with E-state index in [0.717, 1.165) is 12.8 Å². The lowest BCUT2D eigenvalue weighted by molar-refractivity contribution is 0.0270. The molecule has 1 fully saturated rings. The topological polar surface area (TPSA) is 77.4 Å². The zero-order valence-corrected chi connectivity index (χ0v) is 13.6. The molecule has 0 spiro atoms. The van der Waals surface area contributed by atoms with Crippen LogP contribution in [0.15, 0.2) is 17.2 Å². The standard InChI is InChI=1S/C13H19ClN2O4S/c1-3-16-8-10(21(14,18)19)7-11(16)12(17)15-13(2)5-4-6-20-9-13/h7-8H,3-6,9H2,1-2H3,(H,15,17). The maximum atomic E-state index is 12.4. The molecule has 2 heterocycles. The summed E-state index contributed by atoms with van der Waals surface area (Å²) in [5, 5.41) is 2.93. The molecule has 1 aliphatic rings. The molecule has 1 aromatic rings. The van der Waals surface area contributed by atoms with E-state index < -0.39 is 14.6 Å². The molecule has 1 atom stereocenters. The minimum absolute atomic E-state index is 0.0683. The Kier molecular flexibility index (Phi) is 4.65. The summed E-state index contributed by atoms with van der Waals surface area (Å²) in [5.74, 6) is -0.323. The summed E-state index contributed by atoms with van der Waals surface area (Å²) < 4.78 is 29.7. The first-order valence-corrected chi connectivity index (χ1v) is 9.11. The Bertz CT molecular complexity index is 633. The third-order valence-electron chi connectivity index (χ3n) is 3.58. The third-order valence-corrected chi connectivity index (χ3v) is 4.90. The number of rotatable bonds is 4. The molecular weight excluding hydrogens is 316 g/mol. The molecule has 0 aromatic carbocycles. The number of hydrogen-bond donors (Lipinski definition) is 1. The fourth-order valence-corrected chi connectivity index (χ4v) is 3.20. The van der Waals surface area contributed by atoms with Crippen LogP contribution in [0, 0.1) is 0 Å². The van der Waals surface area contributed by atoms with Crippen LogP contribution in [-0.2, 0) is 20.3 Å². The van der Waals surface area contributed by atoms with E-state index in [1.54, 1.807) is 4.57 Å². The number of hydrogen-bond acceptors (Lipinski definition) is 4. The van der Waals surface area contributed by atoms with Crippen molar-refractivity contribution in [3.63, 3.8) is 0 Å². The number of carbonyl (C=O) groups is 1. The van der Waals surface area contributed by atoms with E-state index in [0.29, 0.717) is 19.8 Å². The van der Waals surface area contributed by atoms with Crippen molar-refractivity contribution >= 4 is 25.6 Å². The molecule has 8 heteroatoms. The highest BCUT2D eigenvalue weighted by Gasteiger charge is 2.31. The maximum Gasteiger partial charge on any atom is 0.268 e. The van der Waals surface area contributed by atoms with Gasteiger partial charge in [-0.3, -0.25) is 4.79 Å². The average Bonchev–Trinajstić information content (AvgIpc) is 2.83. The second kappa shape index (κ2) is 5.98. The van der Waals surface area contributed by atoms with Crippen molar-refractivity contribution in [2.75, 3.05) is 13.2 Å². The number of aryl methyl sites for hydroxylation is 1. The summed E-state index contributed by atoms with van der Waals surface area (Å²) in [6, 6.07) is 1.30. The van der Waals surface area contributed by atoms with Crippen molar-refractivity contribution in [1.29, 1.82) is 0 Å². The normalized spacial score (nSPS) is 23.0. The Morgan fingerprint density at radius 3 is 2.81 bits per heavy atom. The van der Waals surface area contributed by atoms with Gasteiger partial charge in [0.2, 0.25) is 0 Å². The first-order chi connectivity index (χ1) is 9.75. The van der Waals surface area contributed by atoms with Gasteiger partial charge in [-0.15, -0.1) is 0 Å². The van der Waals surface area contributed by atoms with Gasteiger partial charge in [-0.05, 0) is 32.8 Å². The molecule has 6 nitrogen and oxygen atoms in total. The van der Waals surface area contributed by atoms with Crippen molar-refractivity contribution in [3.05, 3.63) is 18.0 Å². The van der Waals surface area contributed by atoms with Gasteiger partial charge in [0.25, 0.3) is 15.0 Å². The maximum absolute atomic E-state index is 12.4. The van der Waals surface area contributed by atoms with Crippen LogP contribution in [0.25, 0.3) is 0 Å². The van der Waals surface area contributed by atoms with E-state index in [2.05, 4.69) is 5.32 Å². The molecule has 2 rings (SSSR count). The lowest BCUT2D eigenvalue weighted by Crippen LogP contribution is -2.51. The second-order valence-corrected chi connectivity index (χ2v) is 8.02. The molecule has 21 heavy (non-hydrogen) atoms. The minimum Gasteiger partial charge on any atom is -0.379 e. The zero-order chi connectivity index (χ0) is 15.7. The fraction of sp³-hybridized carbons (Fsp3) is 0.615. The Hall–Kier alpha value is -1.05. The molecule has 1 amide bonds. The van der Waals surface area contributed by atoms with Crippen molar-refractivity contribution < 1.29 is 17.9 Å². The number of amides is 1. The van der Waals surface area contributed by atoms with E-state index >= 15 is 0 Å². The summed E-state index contributed by atoms with van der Waals surface area (Å²) in [6.45, 7) is 5.37. The Morgan fingerprint density at radius 2 is 2.29 bits per heavy atom. The van der Waals surface area contributed by atoms with E-state index in [1.807, 2.05) is 13.8 Å². The van der Waals surface area contributed by atoms with Crippen LogP contribution in [0.1, 0.15) is 37.2 Å². The van der Waals surface area contributed by atoms with E-state index in [9.17, 15) is 13.2 Å². The van der Waals surface area contributed by atoms with Crippen LogP contribution in [0.4, 0.5) is 0 Å². The summed E-state index contributed by atoms with van der Waals surface area (Å²) in [5.41, 5.74) is -0.151. The van der Waals surface area contributed by atoms with Gasteiger partial charge < -0.3 is 14.6 Å². The van der Waals surface area contributed by atoms with Gasteiger partial charge in [0.05, 0.1) is 12.1 Å². The van der Waals surface area contributed by atoms with Crippen LogP contribution in [0.3, 0.4) is 0 Å². The smallest absolute Gasteiger partial charge is 0.268 e. The lowest BCUT2D eigenvalue weighted by Gasteiger charge is -2.34. The number of carbonyl (C=O) groups excluding carboxylic acids is 1. The minimum atomic E-state index is -3.85. The highest BCUT2D eigenvalue weighted by atomic mass is 35.7.